The Morgan fingerprint density at radius 3 is 2.36 bits per heavy atom. The number of nitrogens with one attached hydrogen (secondary N) is 1. The lowest BCUT2D eigenvalue weighted by molar-refractivity contribution is -0.142. The van der Waals surface area contributed by atoms with Crippen LogP contribution < -0.4 is 5.32 Å². The summed E-state index contributed by atoms with van der Waals surface area (Å²) in [6, 6.07) is -0.218. The smallest absolute Gasteiger partial charge is 0.331 e. The zero-order chi connectivity index (χ0) is 17.3. The number of carboxylic acid groups (broad SMARTS) is 1. The molecule has 7 heteroatoms. The Morgan fingerprint density at radius 2 is 1.95 bits per heavy atom. The largest absolute Gasteiger partial charge is 0.478 e. The molecule has 1 aliphatic carbocycles. The van der Waals surface area contributed by atoms with Gasteiger partial charge in [0.2, 0.25) is 5.91 Å². The number of carbonyl (C=O) groups is 3. The fraction of sp³-hybridized carbons (Fsp3) is 0.667. The Bertz CT molecular complexity index is 427. The zero-order valence-electron chi connectivity index (χ0n) is 13.5. The van der Waals surface area contributed by atoms with Crippen molar-refractivity contribution >= 4 is 17.8 Å². The van der Waals surface area contributed by atoms with Gasteiger partial charge in [-0.2, -0.15) is 0 Å². The fourth-order valence-electron chi connectivity index (χ4n) is 2.09. The monoisotopic (exact) mass is 315 g/mol. The first-order valence-electron chi connectivity index (χ1n) is 7.11. The summed E-state index contributed by atoms with van der Waals surface area (Å²) in [4.78, 5) is 33.3. The van der Waals surface area contributed by atoms with Gasteiger partial charge < -0.3 is 20.3 Å². The number of rotatable bonds is 4. The van der Waals surface area contributed by atoms with E-state index in [1.165, 1.54) is 14.0 Å². The van der Waals surface area contributed by atoms with Gasteiger partial charge in [-0.15, -0.1) is 0 Å². The van der Waals surface area contributed by atoms with E-state index in [2.05, 4.69) is 10.1 Å². The summed E-state index contributed by atoms with van der Waals surface area (Å²) in [5.41, 5.74) is 0.283. The maximum Gasteiger partial charge on any atom is 0.331 e. The Kier molecular flexibility index (Phi) is 9.09. The second-order valence-electron chi connectivity index (χ2n) is 5.42. The Balaban J connectivity index is 0.000000980. The summed E-state index contributed by atoms with van der Waals surface area (Å²) >= 11 is 0. The number of esters is 1. The number of hydrogen-bond donors (Lipinski definition) is 3. The Labute approximate surface area is 130 Å². The SMILES string of the molecule is CC(C)O.COC(=O)C[C@H]1CC(C(=O)O)=CCC1NC(C)=O. The lowest BCUT2D eigenvalue weighted by atomic mass is 9.82. The van der Waals surface area contributed by atoms with Crippen LogP contribution in [-0.4, -0.2) is 47.3 Å². The molecule has 0 saturated heterocycles. The molecule has 1 unspecified atom stereocenters. The molecule has 0 aliphatic heterocycles. The number of carboxylic acids is 1. The predicted molar refractivity (Wildman–Crippen MR) is 80.0 cm³/mol. The lowest BCUT2D eigenvalue weighted by Crippen LogP contribution is -2.42. The Hall–Kier alpha value is -1.89. The van der Waals surface area contributed by atoms with Crippen molar-refractivity contribution in [1.29, 1.82) is 0 Å². The molecule has 0 spiro atoms. The zero-order valence-corrected chi connectivity index (χ0v) is 13.5. The number of aliphatic hydroxyl groups is 1. The summed E-state index contributed by atoms with van der Waals surface area (Å²) in [5, 5.41) is 19.7. The molecule has 126 valence electrons. The molecule has 0 saturated carbocycles. The molecule has 7 nitrogen and oxygen atoms in total. The average molecular weight is 315 g/mol. The Morgan fingerprint density at radius 1 is 1.41 bits per heavy atom. The maximum atomic E-state index is 11.3. The van der Waals surface area contributed by atoms with Crippen molar-refractivity contribution in [3.8, 4) is 0 Å². The molecular formula is C15H25NO6. The number of aliphatic carboxylic acids is 1. The number of amides is 1. The van der Waals surface area contributed by atoms with E-state index in [4.69, 9.17) is 10.2 Å². The van der Waals surface area contributed by atoms with Crippen molar-refractivity contribution in [2.75, 3.05) is 7.11 Å². The molecule has 1 rings (SSSR count). The number of aliphatic hydroxyl groups excluding tert-OH is 1. The van der Waals surface area contributed by atoms with Crippen LogP contribution in [0.15, 0.2) is 11.6 Å². The third-order valence-electron chi connectivity index (χ3n) is 2.99. The minimum Gasteiger partial charge on any atom is -0.478 e. The summed E-state index contributed by atoms with van der Waals surface area (Å²) in [6.07, 6.45) is 2.21. The minimum atomic E-state index is -0.980. The van der Waals surface area contributed by atoms with Crippen LogP contribution >= 0.6 is 0 Å². The van der Waals surface area contributed by atoms with E-state index in [-0.39, 0.29) is 42.4 Å². The molecule has 0 heterocycles. The van der Waals surface area contributed by atoms with E-state index in [1.54, 1.807) is 19.9 Å². The van der Waals surface area contributed by atoms with Crippen molar-refractivity contribution in [2.45, 2.75) is 52.2 Å². The molecule has 0 aromatic carbocycles. The summed E-state index contributed by atoms with van der Waals surface area (Å²) in [5.74, 6) is -1.81. The van der Waals surface area contributed by atoms with Gasteiger partial charge in [0.25, 0.3) is 0 Å². The fourth-order valence-corrected chi connectivity index (χ4v) is 2.09. The van der Waals surface area contributed by atoms with Crippen molar-refractivity contribution in [2.24, 2.45) is 5.92 Å². The van der Waals surface area contributed by atoms with Crippen LogP contribution in [0.1, 0.15) is 40.0 Å². The highest BCUT2D eigenvalue weighted by atomic mass is 16.5. The quantitative estimate of drug-likeness (QED) is 0.663. The van der Waals surface area contributed by atoms with Gasteiger partial charge in [0, 0.05) is 24.6 Å². The number of ether oxygens (including phenoxy) is 1. The van der Waals surface area contributed by atoms with Gasteiger partial charge in [-0.25, -0.2) is 4.79 Å². The van der Waals surface area contributed by atoms with Gasteiger partial charge in [-0.3, -0.25) is 9.59 Å². The molecule has 1 amide bonds. The van der Waals surface area contributed by atoms with E-state index in [1.807, 2.05) is 0 Å². The third-order valence-corrected chi connectivity index (χ3v) is 2.99. The van der Waals surface area contributed by atoms with Gasteiger partial charge in [0.15, 0.2) is 0 Å². The first-order valence-corrected chi connectivity index (χ1v) is 7.11. The first kappa shape index (κ1) is 20.1. The van der Waals surface area contributed by atoms with Gasteiger partial charge in [0.05, 0.1) is 13.5 Å². The topological polar surface area (TPSA) is 113 Å². The average Bonchev–Trinajstić information content (AvgIpc) is 2.39. The number of hydrogen-bond acceptors (Lipinski definition) is 5. The molecule has 0 radical (unpaired) electrons. The van der Waals surface area contributed by atoms with Gasteiger partial charge in [-0.1, -0.05) is 6.08 Å². The highest BCUT2D eigenvalue weighted by Crippen LogP contribution is 2.27. The second kappa shape index (κ2) is 9.94. The van der Waals surface area contributed by atoms with E-state index in [0.717, 1.165) is 0 Å². The summed E-state index contributed by atoms with van der Waals surface area (Å²) in [7, 11) is 1.28. The molecule has 22 heavy (non-hydrogen) atoms. The van der Waals surface area contributed by atoms with Crippen LogP contribution in [-0.2, 0) is 19.1 Å². The molecule has 0 aromatic rings. The molecule has 3 N–H and O–H groups in total. The highest BCUT2D eigenvalue weighted by molar-refractivity contribution is 5.87. The van der Waals surface area contributed by atoms with Gasteiger partial charge in [-0.05, 0) is 32.6 Å². The third kappa shape index (κ3) is 8.41. The van der Waals surface area contributed by atoms with Crippen LogP contribution in [0, 0.1) is 5.92 Å². The standard InChI is InChI=1S/C12H17NO5.C3H8O/c1-7(14)13-10-4-3-8(12(16)17)5-9(10)6-11(15)18-2;1-3(2)4/h3,9-10H,4-6H2,1-2H3,(H,13,14)(H,16,17);3-4H,1-2H3/t9-,10?;/m1./s1. The van der Waals surface area contributed by atoms with Crippen molar-refractivity contribution < 1.29 is 29.3 Å². The maximum absolute atomic E-state index is 11.3. The number of carbonyl (C=O) groups excluding carboxylic acids is 2. The van der Waals surface area contributed by atoms with Crippen molar-refractivity contribution in [3.05, 3.63) is 11.6 Å². The van der Waals surface area contributed by atoms with E-state index >= 15 is 0 Å². The van der Waals surface area contributed by atoms with E-state index in [9.17, 15) is 14.4 Å². The van der Waals surface area contributed by atoms with Crippen molar-refractivity contribution in [3.63, 3.8) is 0 Å². The molecule has 2 atom stereocenters. The number of methoxy groups -OCH3 is 1. The first-order chi connectivity index (χ1) is 10.2. The lowest BCUT2D eigenvalue weighted by Gasteiger charge is -2.30. The molecule has 0 bridgehead atoms. The highest BCUT2D eigenvalue weighted by Gasteiger charge is 2.30. The predicted octanol–water partition coefficient (Wildman–Crippen LogP) is 0.862. The molecule has 1 aliphatic rings. The van der Waals surface area contributed by atoms with Crippen LogP contribution in [0.25, 0.3) is 0 Å². The van der Waals surface area contributed by atoms with Crippen LogP contribution in [0.3, 0.4) is 0 Å². The van der Waals surface area contributed by atoms with Gasteiger partial charge >= 0.3 is 11.9 Å². The minimum absolute atomic E-state index is 0.103. The van der Waals surface area contributed by atoms with E-state index < -0.39 is 11.9 Å². The van der Waals surface area contributed by atoms with Crippen LogP contribution in [0.4, 0.5) is 0 Å². The van der Waals surface area contributed by atoms with Crippen LogP contribution in [0.5, 0.6) is 0 Å². The molecule has 0 aromatic heterocycles. The summed E-state index contributed by atoms with van der Waals surface area (Å²) in [6.45, 7) is 4.84. The van der Waals surface area contributed by atoms with Crippen LogP contribution in [0.2, 0.25) is 0 Å². The van der Waals surface area contributed by atoms with E-state index in [0.29, 0.717) is 6.42 Å². The van der Waals surface area contributed by atoms with Crippen molar-refractivity contribution in [1.82, 2.24) is 5.32 Å². The molecule has 0 fully saturated rings. The molecular weight excluding hydrogens is 290 g/mol. The van der Waals surface area contributed by atoms with Gasteiger partial charge in [0.1, 0.15) is 0 Å². The summed E-state index contributed by atoms with van der Waals surface area (Å²) < 4.78 is 4.58. The normalized spacial score (nSPS) is 20.4. The second-order valence-corrected chi connectivity index (χ2v) is 5.42.